The fourth-order valence-corrected chi connectivity index (χ4v) is 3.19. The van der Waals surface area contributed by atoms with Crippen LogP contribution < -0.4 is 9.64 Å². The van der Waals surface area contributed by atoms with E-state index < -0.39 is 11.9 Å². The fraction of sp³-hybridized carbons (Fsp3) is 0.263. The maximum Gasteiger partial charge on any atom is 0.316 e. The lowest BCUT2D eigenvalue weighted by molar-refractivity contribution is -0.139. The van der Waals surface area contributed by atoms with E-state index in [1.165, 1.54) is 4.90 Å². The number of hydrogen-bond donors (Lipinski definition) is 0. The summed E-state index contributed by atoms with van der Waals surface area (Å²) in [6.45, 7) is 4.03. The summed E-state index contributed by atoms with van der Waals surface area (Å²) in [5.74, 6) is -0.603. The second kappa shape index (κ2) is 7.06. The van der Waals surface area contributed by atoms with Crippen molar-refractivity contribution in [2.24, 2.45) is 5.92 Å². The normalized spacial score (nSPS) is 17.0. The van der Waals surface area contributed by atoms with Crippen LogP contribution in [0.5, 0.6) is 5.75 Å². The Morgan fingerprint density at radius 1 is 1.16 bits per heavy atom. The quantitative estimate of drug-likeness (QED) is 0.581. The topological polar surface area (TPSA) is 46.6 Å². The van der Waals surface area contributed by atoms with Crippen molar-refractivity contribution in [3.8, 4) is 5.75 Å². The smallest absolute Gasteiger partial charge is 0.316 e. The molecule has 6 heteroatoms. The summed E-state index contributed by atoms with van der Waals surface area (Å²) in [5.41, 5.74) is 2.39. The van der Waals surface area contributed by atoms with Crippen LogP contribution in [0.4, 0.5) is 5.69 Å². The minimum atomic E-state index is -0.539. The number of halogens is 2. The molecule has 0 spiro atoms. The zero-order chi connectivity index (χ0) is 18.1. The number of anilines is 1. The SMILES string of the molecule is Cc1ccc(C)c(OC(=O)[C@H]2CC(=O)N(c3cc(Cl)ccc3Cl)C2)c1. The van der Waals surface area contributed by atoms with Gasteiger partial charge < -0.3 is 9.64 Å². The molecule has 0 N–H and O–H groups in total. The van der Waals surface area contributed by atoms with Gasteiger partial charge in [-0.1, -0.05) is 35.3 Å². The largest absolute Gasteiger partial charge is 0.426 e. The first kappa shape index (κ1) is 17.8. The summed E-state index contributed by atoms with van der Waals surface area (Å²) >= 11 is 12.2. The number of nitrogens with zero attached hydrogens (tertiary/aromatic N) is 1. The molecule has 1 atom stereocenters. The van der Waals surface area contributed by atoms with Crippen molar-refractivity contribution in [2.45, 2.75) is 20.3 Å². The van der Waals surface area contributed by atoms with E-state index >= 15 is 0 Å². The molecule has 1 aliphatic heterocycles. The molecule has 2 aromatic carbocycles. The average molecular weight is 378 g/mol. The van der Waals surface area contributed by atoms with Gasteiger partial charge in [0.15, 0.2) is 0 Å². The number of esters is 1. The van der Waals surface area contributed by atoms with E-state index in [-0.39, 0.29) is 18.9 Å². The van der Waals surface area contributed by atoms with Crippen molar-refractivity contribution in [3.05, 3.63) is 57.6 Å². The highest BCUT2D eigenvalue weighted by atomic mass is 35.5. The Labute approximate surface area is 156 Å². The van der Waals surface area contributed by atoms with Crippen molar-refractivity contribution >= 4 is 40.8 Å². The van der Waals surface area contributed by atoms with Crippen LogP contribution in [0.2, 0.25) is 10.0 Å². The number of rotatable bonds is 3. The Kier molecular flexibility index (Phi) is 5.02. The van der Waals surface area contributed by atoms with E-state index in [2.05, 4.69) is 0 Å². The summed E-state index contributed by atoms with van der Waals surface area (Å²) in [5, 5.41) is 0.898. The highest BCUT2D eigenvalue weighted by Crippen LogP contribution is 2.34. The Hall–Kier alpha value is -2.04. The van der Waals surface area contributed by atoms with Crippen molar-refractivity contribution in [2.75, 3.05) is 11.4 Å². The lowest BCUT2D eigenvalue weighted by Crippen LogP contribution is -2.27. The number of ether oxygens (including phenoxy) is 1. The number of hydrogen-bond acceptors (Lipinski definition) is 3. The molecule has 1 heterocycles. The van der Waals surface area contributed by atoms with Gasteiger partial charge in [-0.25, -0.2) is 0 Å². The van der Waals surface area contributed by atoms with E-state index in [0.29, 0.717) is 21.5 Å². The molecule has 25 heavy (non-hydrogen) atoms. The van der Waals surface area contributed by atoms with E-state index in [9.17, 15) is 9.59 Å². The predicted octanol–water partition coefficient (Wildman–Crippen LogP) is 4.57. The monoisotopic (exact) mass is 377 g/mol. The van der Waals surface area contributed by atoms with Crippen LogP contribution in [0.15, 0.2) is 36.4 Å². The lowest BCUT2D eigenvalue weighted by atomic mass is 10.1. The van der Waals surface area contributed by atoms with Crippen LogP contribution in [-0.2, 0) is 9.59 Å². The maximum absolute atomic E-state index is 12.5. The van der Waals surface area contributed by atoms with Gasteiger partial charge in [0.25, 0.3) is 0 Å². The Morgan fingerprint density at radius 2 is 1.92 bits per heavy atom. The standard InChI is InChI=1S/C19H17Cl2NO3/c1-11-3-4-12(2)17(7-11)25-19(24)13-8-18(23)22(10-13)16-9-14(20)5-6-15(16)21/h3-7,9,13H,8,10H2,1-2H3/t13-/m0/s1. The van der Waals surface area contributed by atoms with Crippen LogP contribution in [-0.4, -0.2) is 18.4 Å². The summed E-state index contributed by atoms with van der Waals surface area (Å²) < 4.78 is 5.52. The highest BCUT2D eigenvalue weighted by Gasteiger charge is 2.37. The van der Waals surface area contributed by atoms with Crippen molar-refractivity contribution in [3.63, 3.8) is 0 Å². The lowest BCUT2D eigenvalue weighted by Gasteiger charge is -2.18. The first-order valence-electron chi connectivity index (χ1n) is 7.89. The van der Waals surface area contributed by atoms with Gasteiger partial charge in [0, 0.05) is 18.0 Å². The molecule has 0 aliphatic carbocycles. The molecule has 0 bridgehead atoms. The van der Waals surface area contributed by atoms with E-state index in [1.807, 2.05) is 32.0 Å². The molecule has 0 radical (unpaired) electrons. The zero-order valence-corrected chi connectivity index (χ0v) is 15.4. The maximum atomic E-state index is 12.5. The molecular formula is C19H17Cl2NO3. The molecule has 1 aliphatic rings. The Bertz CT molecular complexity index is 851. The molecule has 3 rings (SSSR count). The van der Waals surface area contributed by atoms with Crippen molar-refractivity contribution in [1.82, 2.24) is 0 Å². The number of aryl methyl sites for hydroxylation is 2. The van der Waals surface area contributed by atoms with Crippen LogP contribution in [0.1, 0.15) is 17.5 Å². The summed E-state index contributed by atoms with van der Waals surface area (Å²) in [6, 6.07) is 10.6. The molecule has 130 valence electrons. The molecule has 2 aromatic rings. The zero-order valence-electron chi connectivity index (χ0n) is 13.9. The number of carbonyl (C=O) groups is 2. The number of carbonyl (C=O) groups excluding carboxylic acids is 2. The molecular weight excluding hydrogens is 361 g/mol. The van der Waals surface area contributed by atoms with Gasteiger partial charge in [0.1, 0.15) is 5.75 Å². The molecule has 1 saturated heterocycles. The first-order valence-corrected chi connectivity index (χ1v) is 8.65. The molecule has 1 amide bonds. The fourth-order valence-electron chi connectivity index (χ4n) is 2.80. The number of amides is 1. The summed E-state index contributed by atoms with van der Waals surface area (Å²) in [4.78, 5) is 26.3. The minimum absolute atomic E-state index is 0.0898. The van der Waals surface area contributed by atoms with Gasteiger partial charge in [0.05, 0.1) is 16.6 Å². The predicted molar refractivity (Wildman–Crippen MR) is 98.5 cm³/mol. The summed E-state index contributed by atoms with van der Waals surface area (Å²) in [7, 11) is 0. The van der Waals surface area contributed by atoms with Crippen LogP contribution in [0.3, 0.4) is 0 Å². The molecule has 4 nitrogen and oxygen atoms in total. The van der Waals surface area contributed by atoms with E-state index in [4.69, 9.17) is 27.9 Å². The first-order chi connectivity index (χ1) is 11.8. The summed E-state index contributed by atoms with van der Waals surface area (Å²) in [6.07, 6.45) is 0.0898. The minimum Gasteiger partial charge on any atom is -0.426 e. The van der Waals surface area contributed by atoms with Gasteiger partial charge in [0.2, 0.25) is 5.91 Å². The van der Waals surface area contributed by atoms with Crippen LogP contribution in [0, 0.1) is 19.8 Å². The third-order valence-electron chi connectivity index (χ3n) is 4.21. The van der Waals surface area contributed by atoms with E-state index in [1.54, 1.807) is 18.2 Å². The molecule has 1 fully saturated rings. The average Bonchev–Trinajstić information content (AvgIpc) is 2.95. The third-order valence-corrected chi connectivity index (χ3v) is 4.77. The highest BCUT2D eigenvalue weighted by molar-refractivity contribution is 6.35. The number of benzene rings is 2. The van der Waals surface area contributed by atoms with Gasteiger partial charge >= 0.3 is 5.97 Å². The second-order valence-electron chi connectivity index (χ2n) is 6.19. The van der Waals surface area contributed by atoms with Gasteiger partial charge in [-0.3, -0.25) is 9.59 Å². The van der Waals surface area contributed by atoms with E-state index in [0.717, 1.165) is 11.1 Å². The molecule has 0 saturated carbocycles. The van der Waals surface area contributed by atoms with Gasteiger partial charge in [-0.2, -0.15) is 0 Å². The van der Waals surface area contributed by atoms with Crippen LogP contribution >= 0.6 is 23.2 Å². The van der Waals surface area contributed by atoms with Crippen molar-refractivity contribution < 1.29 is 14.3 Å². The molecule has 0 unspecified atom stereocenters. The van der Waals surface area contributed by atoms with Gasteiger partial charge in [-0.05, 0) is 49.2 Å². The second-order valence-corrected chi connectivity index (χ2v) is 7.03. The van der Waals surface area contributed by atoms with Gasteiger partial charge in [-0.15, -0.1) is 0 Å². The third kappa shape index (κ3) is 3.80. The molecule has 0 aromatic heterocycles. The van der Waals surface area contributed by atoms with Crippen LogP contribution in [0.25, 0.3) is 0 Å². The van der Waals surface area contributed by atoms with Crippen molar-refractivity contribution in [1.29, 1.82) is 0 Å². The Morgan fingerprint density at radius 3 is 2.68 bits per heavy atom. The Balaban J connectivity index is 1.77.